The Balaban J connectivity index is 1.33. The summed E-state index contributed by atoms with van der Waals surface area (Å²) in [5.74, 6) is -0.132. The number of rotatable bonds is 7. The minimum Gasteiger partial charge on any atom is -0.471 e. The maximum Gasteiger partial charge on any atom is 0.277 e. The molecule has 2 heterocycles. The van der Waals surface area contributed by atoms with Crippen LogP contribution in [-0.2, 0) is 13.3 Å². The number of hydrogen-bond acceptors (Lipinski definition) is 4. The van der Waals surface area contributed by atoms with Gasteiger partial charge in [0, 0.05) is 29.5 Å². The van der Waals surface area contributed by atoms with Crippen molar-refractivity contribution >= 4 is 34.9 Å². The third-order valence-corrected chi connectivity index (χ3v) is 4.81. The Kier molecular flexibility index (Phi) is 6.20. The molecule has 0 spiro atoms. The summed E-state index contributed by atoms with van der Waals surface area (Å²) in [4.78, 5) is 12.4. The molecule has 0 saturated heterocycles. The highest BCUT2D eigenvalue weighted by Crippen LogP contribution is 2.21. The third-order valence-electron chi connectivity index (χ3n) is 4.27. The highest BCUT2D eigenvalue weighted by molar-refractivity contribution is 6.31. The monoisotopic (exact) mass is 459 g/mol. The molecular weight excluding hydrogens is 444 g/mol. The summed E-state index contributed by atoms with van der Waals surface area (Å²) in [6.07, 6.45) is 3.36. The number of benzene rings is 2. The largest absolute Gasteiger partial charge is 0.471 e. The van der Waals surface area contributed by atoms with Gasteiger partial charge in [0.05, 0.1) is 11.6 Å². The van der Waals surface area contributed by atoms with Crippen LogP contribution in [0.3, 0.4) is 0 Å². The molecule has 0 aliphatic rings. The van der Waals surface area contributed by atoms with Crippen LogP contribution >= 0.6 is 23.2 Å². The van der Waals surface area contributed by atoms with Gasteiger partial charge in [0.2, 0.25) is 0 Å². The van der Waals surface area contributed by atoms with Gasteiger partial charge < -0.3 is 10.1 Å². The Labute approximate surface area is 187 Å². The van der Waals surface area contributed by atoms with Gasteiger partial charge in [-0.05, 0) is 35.9 Å². The van der Waals surface area contributed by atoms with Crippen LogP contribution < -0.4 is 10.1 Å². The van der Waals surface area contributed by atoms with Gasteiger partial charge in [0.1, 0.15) is 11.6 Å². The van der Waals surface area contributed by atoms with Gasteiger partial charge in [0.15, 0.2) is 18.2 Å². The van der Waals surface area contributed by atoms with Crippen LogP contribution in [0, 0.1) is 5.82 Å². The fourth-order valence-corrected chi connectivity index (χ4v) is 3.03. The molecule has 2 aromatic heterocycles. The number of carbonyl (C=O) groups is 1. The molecule has 0 fully saturated rings. The summed E-state index contributed by atoms with van der Waals surface area (Å²) in [7, 11) is 0. The molecule has 0 saturated carbocycles. The number of nitrogens with one attached hydrogen (secondary N) is 1. The van der Waals surface area contributed by atoms with Crippen LogP contribution in [0.4, 0.5) is 10.2 Å². The van der Waals surface area contributed by atoms with Crippen LogP contribution in [0.25, 0.3) is 0 Å². The van der Waals surface area contributed by atoms with Gasteiger partial charge >= 0.3 is 0 Å². The van der Waals surface area contributed by atoms with Crippen LogP contribution in [0.2, 0.25) is 10.0 Å². The molecule has 0 radical (unpaired) electrons. The number of halogens is 3. The fourth-order valence-electron chi connectivity index (χ4n) is 2.74. The van der Waals surface area contributed by atoms with E-state index in [0.717, 1.165) is 5.56 Å². The van der Waals surface area contributed by atoms with Crippen LogP contribution in [0.5, 0.6) is 5.75 Å². The maximum absolute atomic E-state index is 13.2. The summed E-state index contributed by atoms with van der Waals surface area (Å²) < 4.78 is 21.8. The van der Waals surface area contributed by atoms with Crippen molar-refractivity contribution in [1.82, 2.24) is 19.6 Å². The number of aromatic nitrogens is 4. The van der Waals surface area contributed by atoms with Crippen molar-refractivity contribution in [2.24, 2.45) is 0 Å². The van der Waals surface area contributed by atoms with E-state index < -0.39 is 11.7 Å². The molecule has 0 atom stereocenters. The second-order valence-electron chi connectivity index (χ2n) is 6.57. The topological polar surface area (TPSA) is 74.0 Å². The zero-order valence-electron chi connectivity index (χ0n) is 16.0. The highest BCUT2D eigenvalue weighted by atomic mass is 35.5. The molecule has 4 aromatic rings. The Morgan fingerprint density at radius 2 is 1.77 bits per heavy atom. The van der Waals surface area contributed by atoms with E-state index in [1.807, 2.05) is 24.3 Å². The fraction of sp³-hybridized carbons (Fsp3) is 0.0952. The predicted molar refractivity (Wildman–Crippen MR) is 115 cm³/mol. The Morgan fingerprint density at radius 1 is 1.00 bits per heavy atom. The van der Waals surface area contributed by atoms with Crippen LogP contribution in [0.15, 0.2) is 67.0 Å². The van der Waals surface area contributed by atoms with Crippen molar-refractivity contribution < 1.29 is 13.9 Å². The number of amides is 1. The third kappa shape index (κ3) is 5.42. The molecule has 0 aliphatic heterocycles. The number of ether oxygens (including phenoxy) is 1. The summed E-state index contributed by atoms with van der Waals surface area (Å²) in [6, 6.07) is 14.8. The Morgan fingerprint density at radius 3 is 2.55 bits per heavy atom. The summed E-state index contributed by atoms with van der Waals surface area (Å²) in [5, 5.41) is 11.9. The van der Waals surface area contributed by atoms with Crippen molar-refractivity contribution in [2.75, 3.05) is 5.32 Å². The van der Waals surface area contributed by atoms with E-state index in [0.29, 0.717) is 23.1 Å². The van der Waals surface area contributed by atoms with Crippen molar-refractivity contribution in [3.05, 3.63) is 94.1 Å². The predicted octanol–water partition coefficient (Wildman–Crippen LogP) is 4.86. The lowest BCUT2D eigenvalue weighted by Gasteiger charge is -2.06. The number of hydrogen-bond donors (Lipinski definition) is 1. The molecule has 10 heteroatoms. The molecule has 2 aromatic carbocycles. The Bertz CT molecular complexity index is 1210. The number of anilines is 1. The summed E-state index contributed by atoms with van der Waals surface area (Å²) in [6.45, 7) is 0.581. The van der Waals surface area contributed by atoms with Crippen molar-refractivity contribution in [3.8, 4) is 5.75 Å². The molecule has 31 heavy (non-hydrogen) atoms. The van der Waals surface area contributed by atoms with Gasteiger partial charge in [-0.1, -0.05) is 35.3 Å². The lowest BCUT2D eigenvalue weighted by atomic mass is 10.2. The molecule has 0 bridgehead atoms. The molecule has 1 amide bonds. The lowest BCUT2D eigenvalue weighted by Crippen LogP contribution is -2.15. The SMILES string of the molecule is O=C(Nc1ccn(Cc2ccc(Cl)cc2)n1)c1ccn(COc2ccc(F)c(Cl)c2)n1. The second kappa shape index (κ2) is 9.20. The van der Waals surface area contributed by atoms with E-state index >= 15 is 0 Å². The van der Waals surface area contributed by atoms with Gasteiger partial charge in [-0.15, -0.1) is 0 Å². The van der Waals surface area contributed by atoms with Crippen LogP contribution in [0.1, 0.15) is 16.1 Å². The van der Waals surface area contributed by atoms with E-state index in [4.69, 9.17) is 27.9 Å². The highest BCUT2D eigenvalue weighted by Gasteiger charge is 2.12. The quantitative estimate of drug-likeness (QED) is 0.428. The Hall–Kier alpha value is -3.36. The van der Waals surface area contributed by atoms with E-state index in [1.165, 1.54) is 22.9 Å². The van der Waals surface area contributed by atoms with Crippen molar-refractivity contribution in [2.45, 2.75) is 13.3 Å². The van der Waals surface area contributed by atoms with E-state index in [2.05, 4.69) is 15.5 Å². The second-order valence-corrected chi connectivity index (χ2v) is 7.41. The zero-order valence-corrected chi connectivity index (χ0v) is 17.5. The first kappa shape index (κ1) is 20.9. The number of nitrogens with zero attached hydrogens (tertiary/aromatic N) is 4. The molecule has 0 unspecified atom stereocenters. The average Bonchev–Trinajstić information content (AvgIpc) is 3.40. The van der Waals surface area contributed by atoms with Crippen LogP contribution in [-0.4, -0.2) is 25.5 Å². The molecule has 7 nitrogen and oxygen atoms in total. The van der Waals surface area contributed by atoms with Gasteiger partial charge in [-0.25, -0.2) is 9.07 Å². The zero-order chi connectivity index (χ0) is 21.8. The molecular formula is C21H16Cl2FN5O2. The van der Waals surface area contributed by atoms with Gasteiger partial charge in [-0.2, -0.15) is 10.2 Å². The average molecular weight is 460 g/mol. The van der Waals surface area contributed by atoms with Crippen molar-refractivity contribution in [3.63, 3.8) is 0 Å². The minimum absolute atomic E-state index is 0.0327. The first-order chi connectivity index (χ1) is 15.0. The van der Waals surface area contributed by atoms with Gasteiger partial charge in [-0.3, -0.25) is 9.48 Å². The summed E-state index contributed by atoms with van der Waals surface area (Å²) >= 11 is 11.6. The first-order valence-electron chi connectivity index (χ1n) is 9.17. The van der Waals surface area contributed by atoms with E-state index in [1.54, 1.807) is 29.2 Å². The molecule has 0 aliphatic carbocycles. The lowest BCUT2D eigenvalue weighted by molar-refractivity contribution is 0.101. The molecule has 4 rings (SSSR count). The normalized spacial score (nSPS) is 10.8. The number of carbonyl (C=O) groups excluding carboxylic acids is 1. The molecule has 158 valence electrons. The minimum atomic E-state index is -0.525. The standard InChI is InChI=1S/C21H16Cl2FN5O2/c22-15-3-1-14(2-4-15)12-28-10-8-20(27-28)25-21(30)19-7-9-29(26-19)13-31-16-5-6-18(24)17(23)11-16/h1-11H,12-13H2,(H,25,27,30). The van der Waals surface area contributed by atoms with Gasteiger partial charge in [0.25, 0.3) is 5.91 Å². The smallest absolute Gasteiger partial charge is 0.277 e. The van der Waals surface area contributed by atoms with E-state index in [-0.39, 0.29) is 17.4 Å². The molecule has 1 N–H and O–H groups in total. The maximum atomic E-state index is 13.2. The summed E-state index contributed by atoms with van der Waals surface area (Å²) in [5.41, 5.74) is 1.24. The van der Waals surface area contributed by atoms with E-state index in [9.17, 15) is 9.18 Å². The first-order valence-corrected chi connectivity index (χ1v) is 9.92. The van der Waals surface area contributed by atoms with Crippen molar-refractivity contribution in [1.29, 1.82) is 0 Å².